The number of nitrogens with zero attached hydrogens (tertiary/aromatic N) is 5. The molecule has 1 aromatic rings. The zero-order chi connectivity index (χ0) is 12.2. The maximum Gasteiger partial charge on any atom is 0.227 e. The highest BCUT2D eigenvalue weighted by Gasteiger charge is 2.30. The van der Waals surface area contributed by atoms with Crippen molar-refractivity contribution in [3.05, 3.63) is 11.1 Å². The summed E-state index contributed by atoms with van der Waals surface area (Å²) in [6.07, 6.45) is 0. The van der Waals surface area contributed by atoms with Crippen molar-refractivity contribution in [1.29, 1.82) is 10.5 Å². The van der Waals surface area contributed by atoms with E-state index in [-0.39, 0.29) is 17.1 Å². The summed E-state index contributed by atoms with van der Waals surface area (Å²) in [4.78, 5) is 11.6. The normalized spacial score (nSPS) is 10.3. The molecular formula is C9H9ClN6. The minimum Gasteiger partial charge on any atom is -0.354 e. The molecule has 82 valence electrons. The largest absolute Gasteiger partial charge is 0.354 e. The smallest absolute Gasteiger partial charge is 0.227 e. The first-order chi connectivity index (χ1) is 7.55. The average Bonchev–Trinajstić information content (AvgIpc) is 2.27. The molecule has 0 aliphatic carbocycles. The quantitative estimate of drug-likeness (QED) is 0.848. The Balaban J connectivity index is 3.26. The van der Waals surface area contributed by atoms with Gasteiger partial charge < -0.3 is 5.32 Å². The predicted octanol–water partition coefficient (Wildman–Crippen LogP) is 1.26. The molecule has 0 radical (unpaired) electrons. The standard InChI is InChI=1S/C9H9ClN6/c1-3-13-8-15-6(14-7(10)16-8)9(2,4-11)5-12/h3H2,1-2H3,(H,13,14,15,16). The summed E-state index contributed by atoms with van der Waals surface area (Å²) in [5.74, 6) is 0.308. The molecule has 0 bridgehead atoms. The molecule has 1 N–H and O–H groups in total. The van der Waals surface area contributed by atoms with E-state index in [2.05, 4.69) is 20.3 Å². The number of aromatic nitrogens is 3. The zero-order valence-electron chi connectivity index (χ0n) is 8.82. The molecule has 0 atom stereocenters. The van der Waals surface area contributed by atoms with Crippen LogP contribution in [-0.2, 0) is 5.41 Å². The second kappa shape index (κ2) is 4.73. The van der Waals surface area contributed by atoms with Gasteiger partial charge in [0.05, 0.1) is 12.1 Å². The van der Waals surface area contributed by atoms with E-state index in [0.717, 1.165) is 0 Å². The summed E-state index contributed by atoms with van der Waals surface area (Å²) < 4.78 is 0. The Morgan fingerprint density at radius 1 is 1.31 bits per heavy atom. The van der Waals surface area contributed by atoms with Crippen LogP contribution in [0.1, 0.15) is 19.7 Å². The lowest BCUT2D eigenvalue weighted by Gasteiger charge is -2.11. The van der Waals surface area contributed by atoms with Crippen molar-refractivity contribution in [2.75, 3.05) is 11.9 Å². The first kappa shape index (κ1) is 12.2. The van der Waals surface area contributed by atoms with Gasteiger partial charge in [-0.3, -0.25) is 0 Å². The van der Waals surface area contributed by atoms with Crippen molar-refractivity contribution in [3.8, 4) is 12.1 Å². The summed E-state index contributed by atoms with van der Waals surface area (Å²) in [7, 11) is 0. The molecule has 7 heteroatoms. The fraction of sp³-hybridized carbons (Fsp3) is 0.444. The SMILES string of the molecule is CCNc1nc(Cl)nc(C(C)(C#N)C#N)n1. The van der Waals surface area contributed by atoms with Gasteiger partial charge >= 0.3 is 0 Å². The summed E-state index contributed by atoms with van der Waals surface area (Å²) in [6, 6.07) is 3.68. The number of hydrogen-bond acceptors (Lipinski definition) is 6. The molecule has 6 nitrogen and oxygen atoms in total. The molecule has 1 rings (SSSR count). The Morgan fingerprint density at radius 3 is 2.44 bits per heavy atom. The van der Waals surface area contributed by atoms with E-state index in [1.54, 1.807) is 0 Å². The van der Waals surface area contributed by atoms with Crippen molar-refractivity contribution < 1.29 is 0 Å². The third-order valence-corrected chi connectivity index (χ3v) is 2.01. The Hall–Kier alpha value is -1.92. The average molecular weight is 237 g/mol. The highest BCUT2D eigenvalue weighted by atomic mass is 35.5. The van der Waals surface area contributed by atoms with Crippen LogP contribution in [0.3, 0.4) is 0 Å². The molecule has 0 saturated heterocycles. The lowest BCUT2D eigenvalue weighted by atomic mass is 9.94. The van der Waals surface area contributed by atoms with Gasteiger partial charge in [-0.25, -0.2) is 0 Å². The van der Waals surface area contributed by atoms with Crippen LogP contribution in [0.5, 0.6) is 0 Å². The Morgan fingerprint density at radius 2 is 1.94 bits per heavy atom. The maximum atomic E-state index is 8.91. The minimum absolute atomic E-state index is 0.0438. The topological polar surface area (TPSA) is 98.3 Å². The van der Waals surface area contributed by atoms with Crippen molar-refractivity contribution in [2.24, 2.45) is 0 Å². The van der Waals surface area contributed by atoms with E-state index in [1.807, 2.05) is 19.1 Å². The first-order valence-corrected chi connectivity index (χ1v) is 4.92. The summed E-state index contributed by atoms with van der Waals surface area (Å²) in [5.41, 5.74) is -1.42. The molecule has 0 aliphatic rings. The zero-order valence-corrected chi connectivity index (χ0v) is 9.58. The van der Waals surface area contributed by atoms with Gasteiger partial charge in [0.15, 0.2) is 11.2 Å². The van der Waals surface area contributed by atoms with Crippen LogP contribution < -0.4 is 5.32 Å². The molecule has 0 fully saturated rings. The van der Waals surface area contributed by atoms with Crippen molar-refractivity contribution in [1.82, 2.24) is 15.0 Å². The van der Waals surface area contributed by atoms with Crippen molar-refractivity contribution in [3.63, 3.8) is 0 Å². The van der Waals surface area contributed by atoms with Gasteiger partial charge in [-0.15, -0.1) is 0 Å². The van der Waals surface area contributed by atoms with Crippen LogP contribution in [0, 0.1) is 22.7 Å². The van der Waals surface area contributed by atoms with Crippen LogP contribution >= 0.6 is 11.6 Å². The summed E-state index contributed by atoms with van der Waals surface area (Å²) in [6.45, 7) is 3.90. The third-order valence-electron chi connectivity index (χ3n) is 1.84. The van der Waals surface area contributed by atoms with Crippen LogP contribution in [0.15, 0.2) is 0 Å². The van der Waals surface area contributed by atoms with Crippen LogP contribution in [0.25, 0.3) is 0 Å². The molecular weight excluding hydrogens is 228 g/mol. The monoisotopic (exact) mass is 236 g/mol. The van der Waals surface area contributed by atoms with Gasteiger partial charge in [-0.05, 0) is 25.4 Å². The molecule has 0 aromatic carbocycles. The molecule has 0 unspecified atom stereocenters. The molecule has 0 amide bonds. The lowest BCUT2D eigenvalue weighted by Crippen LogP contribution is -2.22. The van der Waals surface area contributed by atoms with Crippen molar-refractivity contribution in [2.45, 2.75) is 19.3 Å². The van der Waals surface area contributed by atoms with E-state index in [0.29, 0.717) is 6.54 Å². The third kappa shape index (κ3) is 2.36. The van der Waals surface area contributed by atoms with Gasteiger partial charge in [0.2, 0.25) is 11.2 Å². The number of hydrogen-bond donors (Lipinski definition) is 1. The molecule has 1 heterocycles. The molecule has 0 aliphatic heterocycles. The van der Waals surface area contributed by atoms with Gasteiger partial charge in [0.25, 0.3) is 0 Å². The van der Waals surface area contributed by atoms with E-state index in [9.17, 15) is 0 Å². The van der Waals surface area contributed by atoms with Gasteiger partial charge in [0.1, 0.15) is 0 Å². The van der Waals surface area contributed by atoms with E-state index in [1.165, 1.54) is 6.92 Å². The fourth-order valence-electron chi connectivity index (χ4n) is 0.936. The van der Waals surface area contributed by atoms with E-state index < -0.39 is 5.41 Å². The second-order valence-corrected chi connectivity index (χ2v) is 3.47. The number of halogens is 1. The minimum atomic E-state index is -1.42. The Bertz CT molecular complexity index is 458. The first-order valence-electron chi connectivity index (χ1n) is 4.54. The predicted molar refractivity (Wildman–Crippen MR) is 57.6 cm³/mol. The maximum absolute atomic E-state index is 8.91. The number of rotatable bonds is 3. The van der Waals surface area contributed by atoms with Crippen LogP contribution in [-0.4, -0.2) is 21.5 Å². The van der Waals surface area contributed by atoms with Gasteiger partial charge in [0, 0.05) is 6.54 Å². The van der Waals surface area contributed by atoms with E-state index >= 15 is 0 Å². The van der Waals surface area contributed by atoms with Gasteiger partial charge in [-0.1, -0.05) is 0 Å². The molecule has 16 heavy (non-hydrogen) atoms. The number of nitrogens with one attached hydrogen (secondary N) is 1. The van der Waals surface area contributed by atoms with Crippen LogP contribution in [0.4, 0.5) is 5.95 Å². The number of nitriles is 2. The fourth-order valence-corrected chi connectivity index (χ4v) is 1.10. The Labute approximate surface area is 97.9 Å². The summed E-state index contributed by atoms with van der Waals surface area (Å²) in [5, 5.41) is 20.6. The van der Waals surface area contributed by atoms with E-state index in [4.69, 9.17) is 22.1 Å². The Kier molecular flexibility index (Phi) is 3.60. The second-order valence-electron chi connectivity index (χ2n) is 3.13. The summed E-state index contributed by atoms with van der Waals surface area (Å²) >= 11 is 5.68. The highest BCUT2D eigenvalue weighted by Crippen LogP contribution is 2.20. The highest BCUT2D eigenvalue weighted by molar-refractivity contribution is 6.28. The van der Waals surface area contributed by atoms with Gasteiger partial charge in [-0.2, -0.15) is 25.5 Å². The molecule has 0 saturated carbocycles. The number of anilines is 1. The van der Waals surface area contributed by atoms with Crippen molar-refractivity contribution >= 4 is 17.5 Å². The molecule has 0 spiro atoms. The molecule has 1 aromatic heterocycles. The lowest BCUT2D eigenvalue weighted by molar-refractivity contribution is 0.706. The van der Waals surface area contributed by atoms with Crippen LogP contribution in [0.2, 0.25) is 5.28 Å².